The molecular weight excluding hydrogens is 461 g/mol. The number of carbonyl (C=O) groups is 1. The van der Waals surface area contributed by atoms with Crippen molar-refractivity contribution in [2.45, 2.75) is 0 Å². The minimum atomic E-state index is -0.231. The second kappa shape index (κ2) is 9.86. The summed E-state index contributed by atoms with van der Waals surface area (Å²) in [5.41, 5.74) is 6.05. The third-order valence-corrected chi connectivity index (χ3v) is 6.99. The number of benzene rings is 4. The number of piperazine rings is 1. The van der Waals surface area contributed by atoms with Gasteiger partial charge >= 0.3 is 0 Å². The maximum atomic E-state index is 14.3. The van der Waals surface area contributed by atoms with Gasteiger partial charge in [-0.15, -0.1) is 0 Å². The van der Waals surface area contributed by atoms with Crippen molar-refractivity contribution in [1.82, 2.24) is 9.88 Å². The Labute approximate surface area is 215 Å². The number of pyridine rings is 1. The first-order valence-electron chi connectivity index (χ1n) is 12.5. The number of carbonyl (C=O) groups excluding carboxylic acids is 1. The first kappa shape index (κ1) is 22.9. The molecule has 1 amide bonds. The monoisotopic (exact) mass is 487 g/mol. The Balaban J connectivity index is 1.29. The normalized spacial score (nSPS) is 13.6. The molecule has 0 atom stereocenters. The minimum Gasteiger partial charge on any atom is -0.366 e. The van der Waals surface area contributed by atoms with Crippen LogP contribution in [0.25, 0.3) is 33.3 Å². The molecule has 0 saturated carbocycles. The largest absolute Gasteiger partial charge is 0.366 e. The summed E-state index contributed by atoms with van der Waals surface area (Å²) < 4.78 is 14.3. The minimum absolute atomic E-state index is 0.0195. The third kappa shape index (κ3) is 4.56. The van der Waals surface area contributed by atoms with Gasteiger partial charge in [-0.3, -0.25) is 4.79 Å². The van der Waals surface area contributed by atoms with Crippen LogP contribution in [-0.2, 0) is 0 Å². The van der Waals surface area contributed by atoms with E-state index in [1.165, 1.54) is 6.07 Å². The summed E-state index contributed by atoms with van der Waals surface area (Å²) in [6.45, 7) is 2.24. The Kier molecular flexibility index (Phi) is 6.11. The molecule has 2 heterocycles. The van der Waals surface area contributed by atoms with Crippen LogP contribution in [0.2, 0.25) is 0 Å². The van der Waals surface area contributed by atoms with E-state index in [2.05, 4.69) is 36.4 Å². The molecule has 0 N–H and O–H groups in total. The van der Waals surface area contributed by atoms with Crippen molar-refractivity contribution in [2.24, 2.45) is 0 Å². The third-order valence-electron chi connectivity index (χ3n) is 6.99. The fraction of sp³-hybridized carbons (Fsp3) is 0.125. The summed E-state index contributed by atoms with van der Waals surface area (Å²) in [6.07, 6.45) is 0. The van der Waals surface area contributed by atoms with Gasteiger partial charge in [-0.2, -0.15) is 0 Å². The summed E-state index contributed by atoms with van der Waals surface area (Å²) in [7, 11) is 0. The molecule has 4 aromatic carbocycles. The van der Waals surface area contributed by atoms with Crippen LogP contribution in [0, 0.1) is 5.82 Å². The molecule has 6 rings (SSSR count). The van der Waals surface area contributed by atoms with Gasteiger partial charge in [0.05, 0.1) is 22.5 Å². The lowest BCUT2D eigenvalue weighted by molar-refractivity contribution is 0.0748. The number of halogens is 1. The first-order valence-corrected chi connectivity index (χ1v) is 12.5. The molecule has 1 saturated heterocycles. The number of anilines is 1. The molecule has 1 aromatic heterocycles. The van der Waals surface area contributed by atoms with E-state index in [4.69, 9.17) is 4.98 Å². The topological polar surface area (TPSA) is 36.4 Å². The lowest BCUT2D eigenvalue weighted by Crippen LogP contribution is -2.49. The van der Waals surface area contributed by atoms with Crippen LogP contribution >= 0.6 is 0 Å². The van der Waals surface area contributed by atoms with Crippen molar-refractivity contribution in [3.63, 3.8) is 0 Å². The van der Waals surface area contributed by atoms with Crippen LogP contribution in [0.15, 0.2) is 109 Å². The average Bonchev–Trinajstić information content (AvgIpc) is 2.97. The van der Waals surface area contributed by atoms with E-state index >= 15 is 0 Å². The second-order valence-corrected chi connectivity index (χ2v) is 9.25. The van der Waals surface area contributed by atoms with Gasteiger partial charge in [-0.25, -0.2) is 9.37 Å². The fourth-order valence-corrected chi connectivity index (χ4v) is 4.99. The number of nitrogens with zero attached hydrogens (tertiary/aromatic N) is 3. The van der Waals surface area contributed by atoms with Gasteiger partial charge in [0.25, 0.3) is 5.91 Å². The van der Waals surface area contributed by atoms with Crippen molar-refractivity contribution in [2.75, 3.05) is 31.1 Å². The molecule has 5 aromatic rings. The molecule has 5 heteroatoms. The van der Waals surface area contributed by atoms with Crippen LogP contribution in [0.5, 0.6) is 0 Å². The summed E-state index contributed by atoms with van der Waals surface area (Å²) in [4.78, 5) is 22.5. The molecule has 37 heavy (non-hydrogen) atoms. The quantitative estimate of drug-likeness (QED) is 0.284. The molecule has 1 aliphatic heterocycles. The Hall–Kier alpha value is -4.51. The van der Waals surface area contributed by atoms with Crippen molar-refractivity contribution >= 4 is 22.5 Å². The number of hydrogen-bond acceptors (Lipinski definition) is 3. The van der Waals surface area contributed by atoms with E-state index in [0.29, 0.717) is 37.4 Å². The highest BCUT2D eigenvalue weighted by Crippen LogP contribution is 2.29. The van der Waals surface area contributed by atoms with Crippen molar-refractivity contribution in [3.05, 3.63) is 121 Å². The molecule has 0 unspecified atom stereocenters. The lowest BCUT2D eigenvalue weighted by atomic mass is 10.00. The van der Waals surface area contributed by atoms with Crippen molar-refractivity contribution < 1.29 is 9.18 Å². The lowest BCUT2D eigenvalue weighted by Gasteiger charge is -2.36. The molecule has 182 valence electrons. The Morgan fingerprint density at radius 3 is 2.05 bits per heavy atom. The standard InChI is InChI=1S/C32H26FN3O/c33-28-11-5-7-13-31(28)35-18-20-36(21-19-35)32(37)27-22-30(34-29-12-6-4-10-26(27)29)25-16-14-24(15-17-25)23-8-2-1-3-9-23/h1-17,22H,18-21H2. The summed E-state index contributed by atoms with van der Waals surface area (Å²) >= 11 is 0. The maximum absolute atomic E-state index is 14.3. The zero-order valence-electron chi connectivity index (χ0n) is 20.3. The molecule has 0 aliphatic carbocycles. The molecule has 0 bridgehead atoms. The van der Waals surface area contributed by atoms with Crippen LogP contribution in [0.1, 0.15) is 10.4 Å². The molecule has 0 radical (unpaired) electrons. The van der Waals surface area contributed by atoms with Gasteiger partial charge in [0, 0.05) is 37.1 Å². The Morgan fingerprint density at radius 1 is 0.676 bits per heavy atom. The number of para-hydroxylation sites is 2. The zero-order valence-corrected chi connectivity index (χ0v) is 20.3. The summed E-state index contributed by atoms with van der Waals surface area (Å²) in [6, 6.07) is 35.0. The Bertz CT molecular complexity index is 1560. The molecule has 1 aliphatic rings. The number of hydrogen-bond donors (Lipinski definition) is 0. The van der Waals surface area contributed by atoms with Crippen LogP contribution in [0.4, 0.5) is 10.1 Å². The molecule has 4 nitrogen and oxygen atoms in total. The fourth-order valence-electron chi connectivity index (χ4n) is 4.99. The van der Waals surface area contributed by atoms with Crippen LogP contribution < -0.4 is 4.90 Å². The van der Waals surface area contributed by atoms with Crippen LogP contribution in [0.3, 0.4) is 0 Å². The van der Waals surface area contributed by atoms with Gasteiger partial charge < -0.3 is 9.80 Å². The molecule has 0 spiro atoms. The molecular formula is C32H26FN3O. The van der Waals surface area contributed by atoms with Crippen molar-refractivity contribution in [3.8, 4) is 22.4 Å². The smallest absolute Gasteiger partial charge is 0.254 e. The summed E-state index contributed by atoms with van der Waals surface area (Å²) in [5.74, 6) is -0.251. The first-order chi connectivity index (χ1) is 18.2. The number of rotatable bonds is 4. The Morgan fingerprint density at radius 2 is 1.30 bits per heavy atom. The summed E-state index contributed by atoms with van der Waals surface area (Å²) in [5, 5.41) is 0.841. The van der Waals surface area contributed by atoms with Gasteiger partial charge in [0.2, 0.25) is 0 Å². The highest BCUT2D eigenvalue weighted by molar-refractivity contribution is 6.07. The van der Waals surface area contributed by atoms with E-state index in [1.54, 1.807) is 12.1 Å². The van der Waals surface area contributed by atoms with Gasteiger partial charge in [-0.05, 0) is 35.4 Å². The second-order valence-electron chi connectivity index (χ2n) is 9.25. The predicted molar refractivity (Wildman–Crippen MR) is 147 cm³/mol. The van der Waals surface area contributed by atoms with E-state index in [9.17, 15) is 9.18 Å². The van der Waals surface area contributed by atoms with E-state index < -0.39 is 0 Å². The number of fused-ring (bicyclic) bond motifs is 1. The van der Waals surface area contributed by atoms with E-state index in [0.717, 1.165) is 33.3 Å². The highest BCUT2D eigenvalue weighted by atomic mass is 19.1. The van der Waals surface area contributed by atoms with Gasteiger partial charge in [-0.1, -0.05) is 84.9 Å². The van der Waals surface area contributed by atoms with Crippen molar-refractivity contribution in [1.29, 1.82) is 0 Å². The zero-order chi connectivity index (χ0) is 25.2. The maximum Gasteiger partial charge on any atom is 0.254 e. The predicted octanol–water partition coefficient (Wildman–Crippen LogP) is 6.67. The average molecular weight is 488 g/mol. The van der Waals surface area contributed by atoms with Gasteiger partial charge in [0.1, 0.15) is 5.82 Å². The van der Waals surface area contributed by atoms with Crippen LogP contribution in [-0.4, -0.2) is 42.0 Å². The van der Waals surface area contributed by atoms with Gasteiger partial charge in [0.15, 0.2) is 0 Å². The van der Waals surface area contributed by atoms with E-state index in [1.807, 2.05) is 64.4 Å². The number of amides is 1. The molecule has 1 fully saturated rings. The highest BCUT2D eigenvalue weighted by Gasteiger charge is 2.25. The number of aromatic nitrogens is 1. The van der Waals surface area contributed by atoms with E-state index in [-0.39, 0.29) is 11.7 Å². The SMILES string of the molecule is O=C(c1cc(-c2ccc(-c3ccccc3)cc2)nc2ccccc12)N1CCN(c2ccccc2F)CC1.